The summed E-state index contributed by atoms with van der Waals surface area (Å²) >= 11 is 3.36. The number of carbonyl (C=O) groups is 2. The van der Waals surface area contributed by atoms with E-state index in [2.05, 4.69) is 26.0 Å². The van der Waals surface area contributed by atoms with E-state index in [-0.39, 0.29) is 12.5 Å². The van der Waals surface area contributed by atoms with Crippen molar-refractivity contribution in [2.24, 2.45) is 0 Å². The lowest BCUT2D eigenvalue weighted by molar-refractivity contribution is -0.144. The average Bonchev–Trinajstić information content (AvgIpc) is 2.40. The van der Waals surface area contributed by atoms with Crippen LogP contribution in [0.15, 0.2) is 22.7 Å². The van der Waals surface area contributed by atoms with Crippen molar-refractivity contribution in [3.05, 3.63) is 33.8 Å². The molecule has 19 heavy (non-hydrogen) atoms. The maximum Gasteiger partial charge on any atom is 0.330 e. The molecule has 0 aromatic heterocycles. The van der Waals surface area contributed by atoms with Crippen molar-refractivity contribution >= 4 is 27.8 Å². The molecule has 0 saturated carbocycles. The highest BCUT2D eigenvalue weighted by molar-refractivity contribution is 9.10. The van der Waals surface area contributed by atoms with Crippen LogP contribution in [0.1, 0.15) is 15.9 Å². The number of amides is 1. The van der Waals surface area contributed by atoms with E-state index >= 15 is 0 Å². The van der Waals surface area contributed by atoms with Crippen LogP contribution in [0.4, 0.5) is 0 Å². The smallest absolute Gasteiger partial charge is 0.330 e. The summed E-state index contributed by atoms with van der Waals surface area (Å²) in [6, 6.07) is 4.38. The maximum atomic E-state index is 12.0. The lowest BCUT2D eigenvalue weighted by Crippen LogP contribution is -2.44. The Kier molecular flexibility index (Phi) is 5.98. The van der Waals surface area contributed by atoms with Crippen molar-refractivity contribution in [2.45, 2.75) is 13.0 Å². The third-order valence-electron chi connectivity index (χ3n) is 2.54. The van der Waals surface area contributed by atoms with Crippen LogP contribution in [0.5, 0.6) is 0 Å². The monoisotopic (exact) mass is 329 g/mol. The largest absolute Gasteiger partial charge is 0.467 e. The van der Waals surface area contributed by atoms with E-state index in [4.69, 9.17) is 4.74 Å². The zero-order chi connectivity index (χ0) is 14.4. The minimum Gasteiger partial charge on any atom is -0.467 e. The number of hydrogen-bond acceptors (Lipinski definition) is 4. The fourth-order valence-corrected chi connectivity index (χ4v) is 1.75. The first-order chi connectivity index (χ1) is 8.99. The van der Waals surface area contributed by atoms with Gasteiger partial charge in [0.2, 0.25) is 0 Å². The van der Waals surface area contributed by atoms with Crippen LogP contribution in [0, 0.1) is 6.92 Å². The zero-order valence-electron chi connectivity index (χ0n) is 11.0. The van der Waals surface area contributed by atoms with E-state index in [9.17, 15) is 9.59 Å². The molecule has 0 bridgehead atoms. The topological polar surface area (TPSA) is 64.6 Å². The Morgan fingerprint density at radius 2 is 2.05 bits per heavy atom. The first kappa shape index (κ1) is 15.7. The van der Waals surface area contributed by atoms with Gasteiger partial charge in [0.05, 0.1) is 13.7 Å². The van der Waals surface area contributed by atoms with Crippen molar-refractivity contribution in [1.82, 2.24) is 5.32 Å². The summed E-state index contributed by atoms with van der Waals surface area (Å²) in [5.41, 5.74) is 1.42. The van der Waals surface area contributed by atoms with E-state index in [1.807, 2.05) is 6.92 Å². The molecule has 0 aliphatic rings. The Balaban J connectivity index is 2.81. The highest BCUT2D eigenvalue weighted by atomic mass is 79.9. The van der Waals surface area contributed by atoms with Gasteiger partial charge in [-0.25, -0.2) is 4.79 Å². The number of nitrogens with one attached hydrogen (secondary N) is 1. The molecule has 0 spiro atoms. The Morgan fingerprint density at radius 1 is 1.37 bits per heavy atom. The van der Waals surface area contributed by atoms with Crippen LogP contribution in [-0.4, -0.2) is 38.7 Å². The lowest BCUT2D eigenvalue weighted by Gasteiger charge is -2.15. The minimum absolute atomic E-state index is 0.0634. The van der Waals surface area contributed by atoms with Gasteiger partial charge in [-0.2, -0.15) is 0 Å². The fourth-order valence-electron chi connectivity index (χ4n) is 1.51. The van der Waals surface area contributed by atoms with Crippen LogP contribution in [-0.2, 0) is 14.3 Å². The number of benzene rings is 1. The first-order valence-corrected chi connectivity index (χ1v) is 6.42. The highest BCUT2D eigenvalue weighted by Gasteiger charge is 2.22. The number of methoxy groups -OCH3 is 2. The van der Waals surface area contributed by atoms with Crippen molar-refractivity contribution in [3.63, 3.8) is 0 Å². The normalized spacial score (nSPS) is 11.8. The van der Waals surface area contributed by atoms with Crippen molar-refractivity contribution < 1.29 is 19.1 Å². The van der Waals surface area contributed by atoms with Gasteiger partial charge in [-0.15, -0.1) is 0 Å². The molecule has 0 aliphatic carbocycles. The molecule has 0 unspecified atom stereocenters. The van der Waals surface area contributed by atoms with Crippen LogP contribution in [0.2, 0.25) is 0 Å². The van der Waals surface area contributed by atoms with Gasteiger partial charge in [0.25, 0.3) is 5.91 Å². The number of halogens is 1. The molecule has 1 rings (SSSR count). The fraction of sp³-hybridized carbons (Fsp3) is 0.385. The summed E-state index contributed by atoms with van der Waals surface area (Å²) in [7, 11) is 2.72. The second kappa shape index (κ2) is 7.25. The van der Waals surface area contributed by atoms with Gasteiger partial charge < -0.3 is 14.8 Å². The number of hydrogen-bond donors (Lipinski definition) is 1. The third kappa shape index (κ3) is 4.33. The quantitative estimate of drug-likeness (QED) is 0.835. The van der Waals surface area contributed by atoms with Gasteiger partial charge in [-0.3, -0.25) is 4.79 Å². The van der Waals surface area contributed by atoms with Crippen molar-refractivity contribution in [2.75, 3.05) is 20.8 Å². The van der Waals surface area contributed by atoms with Gasteiger partial charge >= 0.3 is 5.97 Å². The van der Waals surface area contributed by atoms with Gasteiger partial charge in [0, 0.05) is 17.1 Å². The summed E-state index contributed by atoms with van der Waals surface area (Å²) in [6.45, 7) is 1.95. The van der Waals surface area contributed by atoms with Gasteiger partial charge in [0.15, 0.2) is 6.04 Å². The molecule has 0 radical (unpaired) electrons. The highest BCUT2D eigenvalue weighted by Crippen LogP contribution is 2.17. The Hall–Kier alpha value is -1.40. The summed E-state index contributed by atoms with van der Waals surface area (Å²) in [5.74, 6) is -0.882. The number of carbonyl (C=O) groups excluding carboxylic acids is 2. The Labute approximate surface area is 120 Å². The maximum absolute atomic E-state index is 12.0. The Morgan fingerprint density at radius 3 is 2.58 bits per heavy atom. The molecule has 1 N–H and O–H groups in total. The summed E-state index contributed by atoms with van der Waals surface area (Å²) in [5, 5.41) is 2.58. The summed E-state index contributed by atoms with van der Waals surface area (Å²) < 4.78 is 10.4. The second-order valence-corrected chi connectivity index (χ2v) is 4.82. The molecule has 1 amide bonds. The average molecular weight is 330 g/mol. The molecular formula is C13H16BrNO4. The van der Waals surface area contributed by atoms with E-state index < -0.39 is 12.0 Å². The Bertz CT molecular complexity index is 476. The minimum atomic E-state index is -0.813. The molecule has 0 aliphatic heterocycles. The number of ether oxygens (including phenoxy) is 2. The molecule has 6 heteroatoms. The molecule has 1 aromatic carbocycles. The number of esters is 1. The van der Waals surface area contributed by atoms with E-state index in [0.29, 0.717) is 5.56 Å². The summed E-state index contributed by atoms with van der Waals surface area (Å²) in [4.78, 5) is 23.5. The lowest BCUT2D eigenvalue weighted by atomic mass is 10.1. The number of rotatable bonds is 5. The summed E-state index contributed by atoms with van der Waals surface area (Å²) in [6.07, 6.45) is 0. The van der Waals surface area contributed by atoms with Crippen LogP contribution >= 0.6 is 15.9 Å². The van der Waals surface area contributed by atoms with Crippen molar-refractivity contribution in [3.8, 4) is 0 Å². The van der Waals surface area contributed by atoms with Gasteiger partial charge in [0.1, 0.15) is 0 Å². The van der Waals surface area contributed by atoms with Gasteiger partial charge in [-0.05, 0) is 30.7 Å². The molecule has 0 heterocycles. The second-order valence-electron chi connectivity index (χ2n) is 3.97. The SMILES string of the molecule is COC[C@H](NC(=O)c1ccc(Br)c(C)c1)C(=O)OC. The van der Waals surface area contributed by atoms with Crippen LogP contribution in [0.25, 0.3) is 0 Å². The van der Waals surface area contributed by atoms with Crippen LogP contribution in [0.3, 0.4) is 0 Å². The molecule has 5 nitrogen and oxygen atoms in total. The molecular weight excluding hydrogens is 314 g/mol. The van der Waals surface area contributed by atoms with Gasteiger partial charge in [-0.1, -0.05) is 15.9 Å². The zero-order valence-corrected chi connectivity index (χ0v) is 12.6. The van der Waals surface area contributed by atoms with Crippen LogP contribution < -0.4 is 5.32 Å². The first-order valence-electron chi connectivity index (χ1n) is 5.63. The standard InChI is InChI=1S/C13H16BrNO4/c1-8-6-9(4-5-10(8)14)12(16)15-11(7-18-2)13(17)19-3/h4-6,11H,7H2,1-3H3,(H,15,16)/t11-/m0/s1. The van der Waals surface area contributed by atoms with E-state index in [0.717, 1.165) is 10.0 Å². The molecule has 1 aromatic rings. The molecule has 104 valence electrons. The van der Waals surface area contributed by atoms with E-state index in [1.165, 1.54) is 14.2 Å². The predicted octanol–water partition coefficient (Wildman–Crippen LogP) is 1.68. The number of aryl methyl sites for hydroxylation is 1. The molecule has 1 atom stereocenters. The third-order valence-corrected chi connectivity index (χ3v) is 3.43. The molecule has 0 fully saturated rings. The van der Waals surface area contributed by atoms with E-state index in [1.54, 1.807) is 18.2 Å². The predicted molar refractivity (Wildman–Crippen MR) is 74.0 cm³/mol. The molecule has 0 saturated heterocycles. The van der Waals surface area contributed by atoms with Crippen molar-refractivity contribution in [1.29, 1.82) is 0 Å².